The van der Waals surface area contributed by atoms with Gasteiger partial charge < -0.3 is 24.6 Å². The van der Waals surface area contributed by atoms with Crippen molar-refractivity contribution in [2.45, 2.75) is 19.3 Å². The summed E-state index contributed by atoms with van der Waals surface area (Å²) in [4.78, 5) is 16.0. The number of nitriles is 1. The Labute approximate surface area is 184 Å². The quantitative estimate of drug-likeness (QED) is 0.507. The van der Waals surface area contributed by atoms with E-state index in [1.807, 2.05) is 6.07 Å². The number of hydrogen-bond acceptors (Lipinski definition) is 9. The Morgan fingerprint density at radius 3 is 2.94 bits per heavy atom. The Balaban J connectivity index is 1.40. The van der Waals surface area contributed by atoms with E-state index in [1.54, 1.807) is 35.3 Å². The summed E-state index contributed by atoms with van der Waals surface area (Å²) >= 11 is 0. The largest absolute Gasteiger partial charge is 0.496 e. The molecule has 0 radical (unpaired) electrons. The molecule has 32 heavy (non-hydrogen) atoms. The number of aromatic nitrogens is 3. The molecule has 1 atom stereocenters. The zero-order valence-electron chi connectivity index (χ0n) is 17.5. The van der Waals surface area contributed by atoms with Crippen molar-refractivity contribution in [1.29, 1.82) is 5.26 Å². The molecule has 1 aliphatic rings. The van der Waals surface area contributed by atoms with Crippen molar-refractivity contribution in [1.82, 2.24) is 20.1 Å². The lowest BCUT2D eigenvalue weighted by Gasteiger charge is -2.17. The molecule has 3 aromatic rings. The molecule has 0 saturated heterocycles. The smallest absolute Gasteiger partial charge is 0.339 e. The van der Waals surface area contributed by atoms with Gasteiger partial charge in [-0.15, -0.1) is 0 Å². The topological polar surface area (TPSA) is 132 Å². The highest BCUT2D eigenvalue weighted by Crippen LogP contribution is 2.35. The molecule has 3 heterocycles. The van der Waals surface area contributed by atoms with Crippen LogP contribution in [0.4, 0.5) is 0 Å². The van der Waals surface area contributed by atoms with Crippen LogP contribution in [-0.2, 0) is 17.9 Å². The maximum absolute atomic E-state index is 11.7. The highest BCUT2D eigenvalue weighted by molar-refractivity contribution is 5.94. The van der Waals surface area contributed by atoms with Crippen LogP contribution in [0.15, 0.2) is 36.8 Å². The molecule has 2 aromatic heterocycles. The van der Waals surface area contributed by atoms with Crippen molar-refractivity contribution >= 4 is 5.97 Å². The minimum absolute atomic E-state index is 0.138. The molecule has 0 amide bonds. The number of carbonyl (C=O) groups is 1. The van der Waals surface area contributed by atoms with E-state index in [9.17, 15) is 9.90 Å². The molecule has 0 fully saturated rings. The summed E-state index contributed by atoms with van der Waals surface area (Å²) in [6.07, 6.45) is 4.08. The predicted octanol–water partition coefficient (Wildman–Crippen LogP) is 1.65. The second-order valence-electron chi connectivity index (χ2n) is 7.08. The van der Waals surface area contributed by atoms with Gasteiger partial charge in [0.25, 0.3) is 0 Å². The molecule has 1 aliphatic heterocycles. The summed E-state index contributed by atoms with van der Waals surface area (Å²) in [5.41, 5.74) is 2.92. The monoisotopic (exact) mass is 435 g/mol. The van der Waals surface area contributed by atoms with Crippen molar-refractivity contribution < 1.29 is 24.1 Å². The van der Waals surface area contributed by atoms with Crippen LogP contribution in [-0.4, -0.2) is 46.6 Å². The summed E-state index contributed by atoms with van der Waals surface area (Å²) in [6, 6.07) is 6.99. The second kappa shape index (κ2) is 9.05. The number of pyridine rings is 1. The van der Waals surface area contributed by atoms with Crippen LogP contribution in [0.25, 0.3) is 5.82 Å². The highest BCUT2D eigenvalue weighted by Gasteiger charge is 2.28. The number of nitrogens with one attached hydrogen (secondary N) is 1. The first-order valence-electron chi connectivity index (χ1n) is 9.79. The third kappa shape index (κ3) is 3.99. The number of carbonyl (C=O) groups excluding carboxylic acids is 1. The molecule has 0 unspecified atom stereocenters. The van der Waals surface area contributed by atoms with Crippen molar-refractivity contribution in [2.75, 3.05) is 20.8 Å². The third-order valence-electron chi connectivity index (χ3n) is 5.15. The van der Waals surface area contributed by atoms with Gasteiger partial charge in [0.15, 0.2) is 5.82 Å². The standard InChI is InChI=1S/C22H21N5O5/c1-30-19-5-20(25-9-14(19)6-23)27-11-13(8-26-27)7-24-10-18(28)16-4-3-15-17(21(16)31-2)12-32-22(15)29/h3-5,8-9,11,18,24,28H,7,10,12H2,1-2H3/t18-/m0/s1. The fourth-order valence-corrected chi connectivity index (χ4v) is 3.54. The number of nitrogens with zero attached hydrogens (tertiary/aromatic N) is 4. The number of esters is 1. The highest BCUT2D eigenvalue weighted by atomic mass is 16.5. The summed E-state index contributed by atoms with van der Waals surface area (Å²) in [6.45, 7) is 0.857. The number of methoxy groups -OCH3 is 2. The summed E-state index contributed by atoms with van der Waals surface area (Å²) in [5.74, 6) is 1.03. The van der Waals surface area contributed by atoms with Gasteiger partial charge in [0, 0.05) is 42.0 Å². The third-order valence-corrected chi connectivity index (χ3v) is 5.15. The Morgan fingerprint density at radius 2 is 2.19 bits per heavy atom. The van der Waals surface area contributed by atoms with E-state index in [0.29, 0.717) is 46.1 Å². The lowest BCUT2D eigenvalue weighted by Crippen LogP contribution is -2.21. The molecule has 0 bridgehead atoms. The van der Waals surface area contributed by atoms with Crippen LogP contribution in [0.5, 0.6) is 11.5 Å². The van der Waals surface area contributed by atoms with Gasteiger partial charge in [0.05, 0.1) is 38.3 Å². The summed E-state index contributed by atoms with van der Waals surface area (Å²) in [7, 11) is 2.99. The minimum atomic E-state index is -0.842. The van der Waals surface area contributed by atoms with Gasteiger partial charge in [-0.25, -0.2) is 14.5 Å². The van der Waals surface area contributed by atoms with Gasteiger partial charge in [-0.3, -0.25) is 0 Å². The van der Waals surface area contributed by atoms with Crippen LogP contribution in [0.2, 0.25) is 0 Å². The lowest BCUT2D eigenvalue weighted by molar-refractivity contribution is 0.0534. The predicted molar refractivity (Wildman–Crippen MR) is 111 cm³/mol. The second-order valence-corrected chi connectivity index (χ2v) is 7.08. The molecule has 0 spiro atoms. The van der Waals surface area contributed by atoms with Gasteiger partial charge in [0.1, 0.15) is 29.7 Å². The minimum Gasteiger partial charge on any atom is -0.496 e. The lowest BCUT2D eigenvalue weighted by atomic mass is 10.0. The molecular weight excluding hydrogens is 414 g/mol. The number of aliphatic hydroxyl groups excluding tert-OH is 1. The maximum Gasteiger partial charge on any atom is 0.339 e. The molecule has 0 aliphatic carbocycles. The summed E-state index contributed by atoms with van der Waals surface area (Å²) in [5, 5.41) is 27.2. The van der Waals surface area contributed by atoms with E-state index in [1.165, 1.54) is 20.4 Å². The summed E-state index contributed by atoms with van der Waals surface area (Å²) < 4.78 is 17.3. The normalized spacial score (nSPS) is 13.2. The zero-order valence-corrected chi connectivity index (χ0v) is 17.5. The van der Waals surface area contributed by atoms with Crippen LogP contribution in [0.1, 0.15) is 38.7 Å². The number of benzene rings is 1. The van der Waals surface area contributed by atoms with Gasteiger partial charge in [-0.05, 0) is 6.07 Å². The van der Waals surface area contributed by atoms with E-state index < -0.39 is 6.10 Å². The first-order chi connectivity index (χ1) is 15.5. The van der Waals surface area contributed by atoms with Gasteiger partial charge in [0.2, 0.25) is 0 Å². The van der Waals surface area contributed by atoms with Gasteiger partial charge >= 0.3 is 5.97 Å². The average molecular weight is 435 g/mol. The van der Waals surface area contributed by atoms with E-state index in [4.69, 9.17) is 19.5 Å². The first kappa shape index (κ1) is 21.3. The first-order valence-corrected chi connectivity index (χ1v) is 9.79. The van der Waals surface area contributed by atoms with E-state index in [-0.39, 0.29) is 19.1 Å². The van der Waals surface area contributed by atoms with Crippen molar-refractivity contribution in [3.63, 3.8) is 0 Å². The fourth-order valence-electron chi connectivity index (χ4n) is 3.54. The van der Waals surface area contributed by atoms with E-state index in [0.717, 1.165) is 5.56 Å². The van der Waals surface area contributed by atoms with Crippen LogP contribution < -0.4 is 14.8 Å². The number of cyclic esters (lactones) is 1. The van der Waals surface area contributed by atoms with Crippen molar-refractivity contribution in [2.24, 2.45) is 0 Å². The number of rotatable bonds is 8. The van der Waals surface area contributed by atoms with Gasteiger partial charge in [-0.2, -0.15) is 10.4 Å². The zero-order chi connectivity index (χ0) is 22.7. The Hall–Kier alpha value is -3.94. The van der Waals surface area contributed by atoms with Crippen LogP contribution in [0, 0.1) is 11.3 Å². The molecule has 1 aromatic carbocycles. The molecule has 164 valence electrons. The molecule has 2 N–H and O–H groups in total. The number of ether oxygens (including phenoxy) is 3. The molecule has 10 heteroatoms. The molecule has 10 nitrogen and oxygen atoms in total. The van der Waals surface area contributed by atoms with Gasteiger partial charge in [-0.1, -0.05) is 6.07 Å². The Kier molecular flexibility index (Phi) is 6.02. The van der Waals surface area contributed by atoms with E-state index >= 15 is 0 Å². The molecule has 4 rings (SSSR count). The average Bonchev–Trinajstić information content (AvgIpc) is 3.44. The Morgan fingerprint density at radius 1 is 1.34 bits per heavy atom. The number of aliphatic hydroxyl groups is 1. The Bertz CT molecular complexity index is 1200. The maximum atomic E-state index is 11.7. The van der Waals surface area contributed by atoms with Crippen LogP contribution >= 0.6 is 0 Å². The number of fused-ring (bicyclic) bond motifs is 1. The SMILES string of the molecule is COc1cc(-n2cc(CNC[C@H](O)c3ccc4c(c3OC)COC4=O)cn2)ncc1C#N. The van der Waals surface area contributed by atoms with Crippen LogP contribution in [0.3, 0.4) is 0 Å². The van der Waals surface area contributed by atoms with Crippen molar-refractivity contribution in [3.8, 4) is 23.4 Å². The van der Waals surface area contributed by atoms with E-state index in [2.05, 4.69) is 15.4 Å². The molecular formula is C22H21N5O5. The fraction of sp³-hybridized carbons (Fsp3) is 0.273. The van der Waals surface area contributed by atoms with Crippen molar-refractivity contribution in [3.05, 3.63) is 64.6 Å². The molecule has 0 saturated carbocycles. The number of hydrogen-bond donors (Lipinski definition) is 2.